The van der Waals surface area contributed by atoms with Gasteiger partial charge in [0.1, 0.15) is 11.8 Å². The van der Waals surface area contributed by atoms with E-state index >= 15 is 0 Å². The van der Waals surface area contributed by atoms with Crippen LogP contribution in [0.4, 0.5) is 0 Å². The average Bonchev–Trinajstić information content (AvgIpc) is 3.12. The van der Waals surface area contributed by atoms with E-state index in [4.69, 9.17) is 18.9 Å². The van der Waals surface area contributed by atoms with Crippen molar-refractivity contribution < 1.29 is 33.6 Å². The number of carbonyl (C=O) groups is 2. The number of carbonyl (C=O) groups excluding carboxylic acids is 2. The van der Waals surface area contributed by atoms with Crippen LogP contribution in [0.3, 0.4) is 0 Å². The number of nitrogens with zero attached hydrogens (tertiary/aromatic N) is 1. The molecule has 3 N–H and O–H groups in total. The number of rotatable bonds is 20. The third-order valence-corrected chi connectivity index (χ3v) is 5.69. The molecule has 1 atom stereocenters. The van der Waals surface area contributed by atoms with Crippen molar-refractivity contribution >= 4 is 11.8 Å². The van der Waals surface area contributed by atoms with E-state index in [2.05, 4.69) is 17.2 Å². The van der Waals surface area contributed by atoms with Crippen LogP contribution in [0, 0.1) is 0 Å². The van der Waals surface area contributed by atoms with Gasteiger partial charge >= 0.3 is 0 Å². The molecule has 10 heteroatoms. The number of aliphatic hydroxyl groups is 1. The Hall–Kier alpha value is -1.82. The van der Waals surface area contributed by atoms with E-state index in [-0.39, 0.29) is 17.4 Å². The molecule has 1 unspecified atom stereocenters. The Bertz CT molecular complexity index is 677. The minimum absolute atomic E-state index is 0.0637. The van der Waals surface area contributed by atoms with E-state index in [0.717, 1.165) is 0 Å². The zero-order valence-electron chi connectivity index (χ0n) is 22.1. The predicted molar refractivity (Wildman–Crippen MR) is 134 cm³/mol. The molecule has 1 aliphatic rings. The van der Waals surface area contributed by atoms with Crippen LogP contribution in [0.25, 0.3) is 0 Å². The quantitative estimate of drug-likeness (QED) is 0.170. The van der Waals surface area contributed by atoms with Crippen molar-refractivity contribution in [1.29, 1.82) is 0 Å². The maximum Gasteiger partial charge on any atom is 0.251 e. The number of nitrogens with one attached hydrogen (secondary N) is 2. The van der Waals surface area contributed by atoms with Gasteiger partial charge < -0.3 is 34.3 Å². The molecule has 0 bridgehead atoms. The first-order valence-electron chi connectivity index (χ1n) is 12.2. The normalized spacial score (nSPS) is 15.2. The van der Waals surface area contributed by atoms with Crippen LogP contribution in [-0.2, 0) is 28.5 Å². The van der Waals surface area contributed by atoms with E-state index in [0.29, 0.717) is 77.6 Å². The van der Waals surface area contributed by atoms with Crippen LogP contribution >= 0.6 is 0 Å². The molecule has 0 spiro atoms. The molecule has 0 aromatic rings. The Morgan fingerprint density at radius 3 is 2.34 bits per heavy atom. The summed E-state index contributed by atoms with van der Waals surface area (Å²) in [6.45, 7) is 14.7. The summed E-state index contributed by atoms with van der Waals surface area (Å²) in [7, 11) is 1.66. The van der Waals surface area contributed by atoms with Crippen molar-refractivity contribution in [3.63, 3.8) is 0 Å². The highest BCUT2D eigenvalue weighted by Crippen LogP contribution is 2.16. The van der Waals surface area contributed by atoms with E-state index in [9.17, 15) is 14.7 Å². The van der Waals surface area contributed by atoms with Crippen molar-refractivity contribution in [2.45, 2.75) is 64.4 Å². The number of aliphatic hydroxyl groups excluding tert-OH is 1. The number of ether oxygens (including phenoxy) is 4. The van der Waals surface area contributed by atoms with Gasteiger partial charge in [-0.2, -0.15) is 0 Å². The van der Waals surface area contributed by atoms with Gasteiger partial charge in [-0.05, 0) is 53.0 Å². The fraction of sp³-hybridized carbons (Fsp3) is 0.760. The summed E-state index contributed by atoms with van der Waals surface area (Å²) in [4.78, 5) is 25.5. The summed E-state index contributed by atoms with van der Waals surface area (Å²) < 4.78 is 22.0. The highest BCUT2D eigenvalue weighted by molar-refractivity contribution is 5.92. The summed E-state index contributed by atoms with van der Waals surface area (Å²) in [5, 5.41) is 15.8. The maximum absolute atomic E-state index is 12.3. The molecule has 0 saturated heterocycles. The molecule has 0 aromatic carbocycles. The van der Waals surface area contributed by atoms with Gasteiger partial charge in [-0.25, -0.2) is 0 Å². The summed E-state index contributed by atoms with van der Waals surface area (Å²) >= 11 is 0. The monoisotopic (exact) mass is 499 g/mol. The Morgan fingerprint density at radius 2 is 1.74 bits per heavy atom. The van der Waals surface area contributed by atoms with E-state index in [1.54, 1.807) is 31.9 Å². The molecule has 1 rings (SSSR count). The van der Waals surface area contributed by atoms with Crippen molar-refractivity contribution in [2.24, 2.45) is 0 Å². The molecule has 0 aliphatic carbocycles. The van der Waals surface area contributed by atoms with Crippen LogP contribution in [0.15, 0.2) is 24.4 Å². The minimum atomic E-state index is -0.929. The van der Waals surface area contributed by atoms with Gasteiger partial charge in [0.25, 0.3) is 11.8 Å². The van der Waals surface area contributed by atoms with Gasteiger partial charge in [0.2, 0.25) is 0 Å². The number of allylic oxidation sites excluding steroid dienone is 1. The molecular weight excluding hydrogens is 454 g/mol. The van der Waals surface area contributed by atoms with Gasteiger partial charge in [-0.15, -0.1) is 0 Å². The molecule has 10 nitrogen and oxygen atoms in total. The first kappa shape index (κ1) is 31.2. The Balaban J connectivity index is 1.96. The zero-order chi connectivity index (χ0) is 26.3. The SMILES string of the molecule is C=C1C=CC(=O)N1CCCC(O)NCCOCCOCCNC(=O)C(C)(C)OCCC(C)(C)OC. The molecule has 0 fully saturated rings. The second kappa shape index (κ2) is 16.0. The highest BCUT2D eigenvalue weighted by atomic mass is 16.5. The summed E-state index contributed by atoms with van der Waals surface area (Å²) in [5.41, 5.74) is -0.532. The average molecular weight is 500 g/mol. The van der Waals surface area contributed by atoms with Crippen LogP contribution in [0.2, 0.25) is 0 Å². The lowest BCUT2D eigenvalue weighted by Gasteiger charge is -2.28. The predicted octanol–water partition coefficient (Wildman–Crippen LogP) is 1.35. The fourth-order valence-corrected chi connectivity index (χ4v) is 3.08. The second-order valence-electron chi connectivity index (χ2n) is 9.48. The van der Waals surface area contributed by atoms with Crippen LogP contribution in [0.1, 0.15) is 47.0 Å². The van der Waals surface area contributed by atoms with Crippen molar-refractivity contribution in [3.8, 4) is 0 Å². The fourth-order valence-electron chi connectivity index (χ4n) is 3.08. The molecule has 1 heterocycles. The van der Waals surface area contributed by atoms with E-state index in [1.807, 2.05) is 13.8 Å². The number of hydrogen-bond donors (Lipinski definition) is 3. The number of amides is 2. The molecule has 0 radical (unpaired) electrons. The lowest BCUT2D eigenvalue weighted by Crippen LogP contribution is -2.46. The lowest BCUT2D eigenvalue weighted by molar-refractivity contribution is -0.145. The minimum Gasteiger partial charge on any atom is -0.379 e. The van der Waals surface area contributed by atoms with Gasteiger partial charge in [-0.1, -0.05) is 6.58 Å². The zero-order valence-corrected chi connectivity index (χ0v) is 22.1. The van der Waals surface area contributed by atoms with Gasteiger partial charge in [0, 0.05) is 38.5 Å². The molecule has 1 aliphatic heterocycles. The topological polar surface area (TPSA) is 119 Å². The smallest absolute Gasteiger partial charge is 0.251 e. The largest absolute Gasteiger partial charge is 0.379 e. The molecule has 202 valence electrons. The van der Waals surface area contributed by atoms with Crippen molar-refractivity contribution in [1.82, 2.24) is 15.5 Å². The highest BCUT2D eigenvalue weighted by Gasteiger charge is 2.29. The molecular formula is C25H45N3O7. The van der Waals surface area contributed by atoms with Crippen LogP contribution in [-0.4, -0.2) is 99.0 Å². The molecule has 0 aromatic heterocycles. The third kappa shape index (κ3) is 13.2. The van der Waals surface area contributed by atoms with E-state index in [1.165, 1.54) is 6.08 Å². The first-order chi connectivity index (χ1) is 16.5. The molecule has 35 heavy (non-hydrogen) atoms. The van der Waals surface area contributed by atoms with E-state index < -0.39 is 11.8 Å². The Labute approximate surface area is 210 Å². The maximum atomic E-state index is 12.3. The van der Waals surface area contributed by atoms with Crippen molar-refractivity contribution in [2.75, 3.05) is 59.8 Å². The number of hydrogen-bond acceptors (Lipinski definition) is 8. The second-order valence-corrected chi connectivity index (χ2v) is 9.48. The van der Waals surface area contributed by atoms with Gasteiger partial charge in [0.05, 0.1) is 38.6 Å². The summed E-state index contributed by atoms with van der Waals surface area (Å²) in [5.74, 6) is -0.253. The van der Waals surface area contributed by atoms with Crippen LogP contribution in [0.5, 0.6) is 0 Å². The third-order valence-electron chi connectivity index (χ3n) is 5.69. The Kier molecular flexibility index (Phi) is 14.3. The lowest BCUT2D eigenvalue weighted by atomic mass is 10.1. The standard InChI is InChI=1S/C25H45N3O7/c1-20-9-10-22(30)28(20)14-7-8-21(29)26-12-16-33-18-19-34-17-13-27-23(31)25(4,5)35-15-11-24(2,3)32-6/h9-10,21,26,29H,1,7-8,11-19H2,2-6H3,(H,27,31). The van der Waals surface area contributed by atoms with Gasteiger partial charge in [0.15, 0.2) is 0 Å². The van der Waals surface area contributed by atoms with Gasteiger partial charge in [-0.3, -0.25) is 14.9 Å². The molecule has 2 amide bonds. The van der Waals surface area contributed by atoms with Crippen molar-refractivity contribution in [3.05, 3.63) is 24.4 Å². The summed E-state index contributed by atoms with van der Waals surface area (Å²) in [6.07, 6.45) is 4.42. The summed E-state index contributed by atoms with van der Waals surface area (Å²) in [6, 6.07) is 0. The number of methoxy groups -OCH3 is 1. The Morgan fingerprint density at radius 1 is 1.09 bits per heavy atom. The molecule has 0 saturated carbocycles. The van der Waals surface area contributed by atoms with Crippen LogP contribution < -0.4 is 10.6 Å². The first-order valence-corrected chi connectivity index (χ1v) is 12.2.